The summed E-state index contributed by atoms with van der Waals surface area (Å²) in [6, 6.07) is 4.70. The van der Waals surface area contributed by atoms with Crippen molar-refractivity contribution in [3.63, 3.8) is 0 Å². The second-order valence-electron chi connectivity index (χ2n) is 3.07. The van der Waals surface area contributed by atoms with Crippen LogP contribution in [0.1, 0.15) is 5.56 Å². The Hall–Kier alpha value is 0.181. The first kappa shape index (κ1) is 16.2. The van der Waals surface area contributed by atoms with Crippen molar-refractivity contribution in [2.45, 2.75) is 6.42 Å². The number of ether oxygens (including phenoxy) is 1. The van der Waals surface area contributed by atoms with Gasteiger partial charge in [-0.25, -0.2) is 0 Å². The molecule has 2 nitrogen and oxygen atoms in total. The summed E-state index contributed by atoms with van der Waals surface area (Å²) in [5.41, 5.74) is -0.394. The van der Waals surface area contributed by atoms with Crippen LogP contribution in [-0.2, 0) is 16.0 Å². The molecule has 0 heterocycles. The van der Waals surface area contributed by atoms with Crippen molar-refractivity contribution in [1.29, 1.82) is 0 Å². The molecule has 1 aromatic carbocycles. The summed E-state index contributed by atoms with van der Waals surface area (Å²) in [4.78, 5) is 10.8. The van der Waals surface area contributed by atoms with E-state index >= 15 is 0 Å². The van der Waals surface area contributed by atoms with Crippen LogP contribution in [0.2, 0.25) is 0 Å². The number of benzene rings is 1. The molecule has 0 aliphatic carbocycles. The SMILES string of the molecule is COC(=O)Cc1cccc([B-](F)(F)F)c1.[K+]. The minimum absolute atomic E-state index is 0. The summed E-state index contributed by atoms with van der Waals surface area (Å²) < 4.78 is 41.4. The van der Waals surface area contributed by atoms with Gasteiger partial charge >= 0.3 is 64.3 Å². The standard InChI is InChI=1S/C9H9BF3O2.K/c1-15-9(14)6-7-3-2-4-8(5-7)10(11,12)13;/h2-5H,6H2,1H3;/q-1;+1. The zero-order valence-corrected chi connectivity index (χ0v) is 12.2. The van der Waals surface area contributed by atoms with Gasteiger partial charge in [-0.1, -0.05) is 24.3 Å². The molecule has 0 spiro atoms. The van der Waals surface area contributed by atoms with Crippen LogP contribution in [0.15, 0.2) is 24.3 Å². The molecule has 0 saturated carbocycles. The number of methoxy groups -OCH3 is 1. The van der Waals surface area contributed by atoms with Crippen molar-refractivity contribution in [3.05, 3.63) is 29.8 Å². The Kier molecular flexibility index (Phi) is 6.88. The maximum atomic E-state index is 12.3. The number of esters is 1. The summed E-state index contributed by atoms with van der Waals surface area (Å²) in [6.45, 7) is -5.01. The fourth-order valence-electron chi connectivity index (χ4n) is 1.15. The number of halogens is 3. The van der Waals surface area contributed by atoms with Gasteiger partial charge in [0.1, 0.15) is 0 Å². The fourth-order valence-corrected chi connectivity index (χ4v) is 1.15. The molecule has 1 rings (SSSR count). The molecule has 0 saturated heterocycles. The topological polar surface area (TPSA) is 26.3 Å². The fraction of sp³-hybridized carbons (Fsp3) is 0.222. The van der Waals surface area contributed by atoms with Crippen LogP contribution in [-0.4, -0.2) is 20.1 Å². The molecule has 0 amide bonds. The Bertz CT molecular complexity index is 368. The first-order valence-corrected chi connectivity index (χ1v) is 4.29. The van der Waals surface area contributed by atoms with Gasteiger partial charge in [-0.15, -0.1) is 5.46 Å². The molecular formula is C9H9BF3KO2. The number of carbonyl (C=O) groups is 1. The Labute approximate surface area is 134 Å². The van der Waals surface area contributed by atoms with E-state index in [-0.39, 0.29) is 57.8 Å². The van der Waals surface area contributed by atoms with E-state index in [1.54, 1.807) is 0 Å². The van der Waals surface area contributed by atoms with E-state index in [2.05, 4.69) is 4.74 Å². The molecule has 0 fully saturated rings. The van der Waals surface area contributed by atoms with Crippen LogP contribution in [0.25, 0.3) is 0 Å². The Morgan fingerprint density at radius 1 is 1.38 bits per heavy atom. The smallest absolute Gasteiger partial charge is 0.469 e. The van der Waals surface area contributed by atoms with Crippen molar-refractivity contribution in [2.75, 3.05) is 7.11 Å². The third-order valence-electron chi connectivity index (χ3n) is 1.91. The maximum absolute atomic E-state index is 12.3. The van der Waals surface area contributed by atoms with Crippen molar-refractivity contribution in [3.8, 4) is 0 Å². The van der Waals surface area contributed by atoms with E-state index in [1.165, 1.54) is 19.2 Å². The van der Waals surface area contributed by atoms with E-state index in [9.17, 15) is 17.7 Å². The van der Waals surface area contributed by atoms with Crippen molar-refractivity contribution in [2.24, 2.45) is 0 Å². The third-order valence-corrected chi connectivity index (χ3v) is 1.91. The molecule has 0 unspecified atom stereocenters. The summed E-state index contributed by atoms with van der Waals surface area (Å²) in [5.74, 6) is -0.554. The van der Waals surface area contributed by atoms with E-state index < -0.39 is 18.4 Å². The van der Waals surface area contributed by atoms with Crippen LogP contribution in [0.3, 0.4) is 0 Å². The Morgan fingerprint density at radius 2 is 2.00 bits per heavy atom. The first-order chi connectivity index (χ1) is 6.93. The third kappa shape index (κ3) is 5.01. The number of carbonyl (C=O) groups excluding carboxylic acids is 1. The summed E-state index contributed by atoms with van der Waals surface area (Å²) >= 11 is 0. The zero-order valence-electron chi connectivity index (χ0n) is 9.04. The van der Waals surface area contributed by atoms with Crippen molar-refractivity contribution < 1.29 is 73.9 Å². The molecule has 0 aliphatic heterocycles. The van der Waals surface area contributed by atoms with Gasteiger partial charge in [0.2, 0.25) is 0 Å². The van der Waals surface area contributed by atoms with Gasteiger partial charge in [-0.05, 0) is 5.56 Å². The number of hydrogen-bond acceptors (Lipinski definition) is 2. The second kappa shape index (κ2) is 6.81. The summed E-state index contributed by atoms with van der Waals surface area (Å²) in [7, 11) is 1.19. The molecule has 0 radical (unpaired) electrons. The largest absolute Gasteiger partial charge is 1.00 e. The van der Waals surface area contributed by atoms with Crippen LogP contribution in [0.4, 0.5) is 12.9 Å². The van der Waals surface area contributed by atoms with E-state index in [0.29, 0.717) is 5.56 Å². The first-order valence-electron chi connectivity index (χ1n) is 4.29. The van der Waals surface area contributed by atoms with Crippen LogP contribution in [0.5, 0.6) is 0 Å². The van der Waals surface area contributed by atoms with Crippen LogP contribution < -0.4 is 56.8 Å². The molecule has 0 atom stereocenters. The molecule has 7 heteroatoms. The molecule has 0 aromatic heterocycles. The second-order valence-corrected chi connectivity index (χ2v) is 3.07. The summed E-state index contributed by atoms with van der Waals surface area (Å²) in [6.07, 6.45) is -0.142. The molecular weight excluding hydrogens is 247 g/mol. The van der Waals surface area contributed by atoms with Gasteiger partial charge in [-0.3, -0.25) is 4.79 Å². The van der Waals surface area contributed by atoms with Gasteiger partial charge in [0.15, 0.2) is 0 Å². The minimum Gasteiger partial charge on any atom is -0.469 e. The van der Waals surface area contributed by atoms with Gasteiger partial charge in [0.05, 0.1) is 13.5 Å². The van der Waals surface area contributed by atoms with Crippen molar-refractivity contribution >= 4 is 18.4 Å². The predicted octanol–water partition coefficient (Wildman–Crippen LogP) is -1.54. The van der Waals surface area contributed by atoms with E-state index in [0.717, 1.165) is 12.1 Å². The zero-order chi connectivity index (χ0) is 11.5. The van der Waals surface area contributed by atoms with Crippen LogP contribution in [0, 0.1) is 0 Å². The quantitative estimate of drug-likeness (QED) is 0.484. The Morgan fingerprint density at radius 3 is 2.50 bits per heavy atom. The molecule has 0 bridgehead atoms. The average Bonchev–Trinajstić information content (AvgIpc) is 2.17. The maximum Gasteiger partial charge on any atom is 1.00 e. The molecule has 1 aromatic rings. The normalized spacial score (nSPS) is 10.5. The number of hydrogen-bond donors (Lipinski definition) is 0. The van der Waals surface area contributed by atoms with Crippen molar-refractivity contribution in [1.82, 2.24) is 0 Å². The average molecular weight is 256 g/mol. The number of rotatable bonds is 3. The van der Waals surface area contributed by atoms with Gasteiger partial charge in [0.25, 0.3) is 0 Å². The predicted molar refractivity (Wildman–Crippen MR) is 50.9 cm³/mol. The minimum atomic E-state index is -5.01. The van der Waals surface area contributed by atoms with Crippen LogP contribution >= 0.6 is 0 Å². The molecule has 82 valence electrons. The monoisotopic (exact) mass is 256 g/mol. The van der Waals surface area contributed by atoms with Gasteiger partial charge in [0, 0.05) is 0 Å². The van der Waals surface area contributed by atoms with Gasteiger partial charge in [-0.2, -0.15) is 0 Å². The molecule has 0 N–H and O–H groups in total. The molecule has 16 heavy (non-hydrogen) atoms. The van der Waals surface area contributed by atoms with Gasteiger partial charge < -0.3 is 17.7 Å². The molecule has 0 aliphatic rings. The van der Waals surface area contributed by atoms with E-state index in [4.69, 9.17) is 0 Å². The Balaban J connectivity index is 0.00000225. The summed E-state index contributed by atoms with van der Waals surface area (Å²) in [5, 5.41) is 0. The van der Waals surface area contributed by atoms with E-state index in [1.807, 2.05) is 0 Å².